The number of benzene rings is 1. The molecule has 1 amide bonds. The molecule has 134 valence electrons. The molecule has 0 bridgehead atoms. The molecule has 9 heteroatoms. The summed E-state index contributed by atoms with van der Waals surface area (Å²) in [6, 6.07) is 7.17. The van der Waals surface area contributed by atoms with Crippen LogP contribution >= 0.6 is 11.6 Å². The van der Waals surface area contributed by atoms with E-state index in [9.17, 15) is 13.2 Å². The normalized spacial score (nSPS) is 14.3. The van der Waals surface area contributed by atoms with Crippen LogP contribution in [0.3, 0.4) is 0 Å². The third kappa shape index (κ3) is 4.13. The van der Waals surface area contributed by atoms with Crippen LogP contribution in [0.2, 0.25) is 5.02 Å². The molecule has 1 aliphatic rings. The van der Waals surface area contributed by atoms with Gasteiger partial charge in [-0.25, -0.2) is 8.42 Å². The number of aromatic nitrogens is 2. The molecule has 1 aromatic carbocycles. The maximum atomic E-state index is 12.6. The van der Waals surface area contributed by atoms with Crippen LogP contribution in [-0.4, -0.2) is 41.8 Å². The smallest absolute Gasteiger partial charge is 0.231 e. The lowest BCUT2D eigenvalue weighted by atomic mass is 10.1. The summed E-state index contributed by atoms with van der Waals surface area (Å²) in [5.74, 6) is 0.283. The van der Waals surface area contributed by atoms with Crippen molar-refractivity contribution in [2.75, 3.05) is 17.5 Å². The van der Waals surface area contributed by atoms with Crippen LogP contribution in [0.15, 0.2) is 24.3 Å². The Balaban J connectivity index is 1.77. The van der Waals surface area contributed by atoms with Gasteiger partial charge in [0.1, 0.15) is 0 Å². The average Bonchev–Trinajstić information content (AvgIpc) is 2.83. The molecule has 0 aliphatic carbocycles. The number of nitrogens with one attached hydrogen (secondary N) is 1. The second kappa shape index (κ2) is 6.68. The number of aryl methyl sites for hydroxylation is 1. The van der Waals surface area contributed by atoms with Crippen molar-refractivity contribution in [3.05, 3.63) is 46.1 Å². The Morgan fingerprint density at radius 2 is 2.00 bits per heavy atom. The van der Waals surface area contributed by atoms with Gasteiger partial charge in [-0.15, -0.1) is 0 Å². The van der Waals surface area contributed by atoms with Gasteiger partial charge in [-0.1, -0.05) is 23.7 Å². The number of sulfonamides is 1. The number of nitrogens with zero attached hydrogens (tertiary/aromatic N) is 3. The molecule has 0 atom stereocenters. The minimum atomic E-state index is -3.43. The Kier molecular flexibility index (Phi) is 4.75. The van der Waals surface area contributed by atoms with Gasteiger partial charge in [0.05, 0.1) is 19.2 Å². The van der Waals surface area contributed by atoms with Crippen LogP contribution in [0, 0.1) is 0 Å². The Morgan fingerprint density at radius 3 is 2.64 bits per heavy atom. The number of hydrogen-bond donors (Lipinski definition) is 1. The predicted molar refractivity (Wildman–Crippen MR) is 96.0 cm³/mol. The highest BCUT2D eigenvalue weighted by Crippen LogP contribution is 2.26. The van der Waals surface area contributed by atoms with Crippen molar-refractivity contribution in [3.8, 4) is 0 Å². The van der Waals surface area contributed by atoms with Crippen molar-refractivity contribution >= 4 is 33.3 Å². The third-order valence-corrected chi connectivity index (χ3v) is 4.96. The predicted octanol–water partition coefficient (Wildman–Crippen LogP) is 1.57. The second-order valence-corrected chi connectivity index (χ2v) is 8.33. The molecule has 1 aliphatic heterocycles. The van der Waals surface area contributed by atoms with E-state index in [-0.39, 0.29) is 12.3 Å². The number of rotatable bonds is 4. The van der Waals surface area contributed by atoms with Crippen molar-refractivity contribution in [3.63, 3.8) is 0 Å². The van der Waals surface area contributed by atoms with E-state index in [0.717, 1.165) is 23.1 Å². The topological polar surface area (TPSA) is 84.3 Å². The summed E-state index contributed by atoms with van der Waals surface area (Å²) in [7, 11) is -1.65. The van der Waals surface area contributed by atoms with Gasteiger partial charge in [-0.2, -0.15) is 5.10 Å². The van der Waals surface area contributed by atoms with E-state index in [1.165, 1.54) is 0 Å². The zero-order valence-corrected chi connectivity index (χ0v) is 15.6. The summed E-state index contributed by atoms with van der Waals surface area (Å²) in [5.41, 5.74) is 2.59. The van der Waals surface area contributed by atoms with Gasteiger partial charge in [0, 0.05) is 36.3 Å². The fourth-order valence-corrected chi connectivity index (χ4v) is 3.59. The summed E-state index contributed by atoms with van der Waals surface area (Å²) in [6.45, 7) is 0.921. The van der Waals surface area contributed by atoms with Crippen LogP contribution in [0.5, 0.6) is 0 Å². The first-order chi connectivity index (χ1) is 11.7. The Hall–Kier alpha value is -2.06. The summed E-state index contributed by atoms with van der Waals surface area (Å²) in [4.78, 5) is 14.3. The molecule has 0 saturated heterocycles. The first-order valence-electron chi connectivity index (χ1n) is 7.77. The van der Waals surface area contributed by atoms with E-state index in [0.29, 0.717) is 30.4 Å². The quantitative estimate of drug-likeness (QED) is 0.869. The number of anilines is 1. The molecule has 0 saturated carbocycles. The molecular weight excluding hydrogens is 364 g/mol. The molecule has 1 N–H and O–H groups in total. The Morgan fingerprint density at radius 1 is 1.32 bits per heavy atom. The number of amides is 1. The van der Waals surface area contributed by atoms with Gasteiger partial charge in [0.25, 0.3) is 0 Å². The zero-order chi connectivity index (χ0) is 18.2. The van der Waals surface area contributed by atoms with E-state index < -0.39 is 10.0 Å². The minimum absolute atomic E-state index is 0.0119. The number of halogens is 1. The van der Waals surface area contributed by atoms with Gasteiger partial charge in [0.2, 0.25) is 15.9 Å². The fraction of sp³-hybridized carbons (Fsp3) is 0.375. The average molecular weight is 383 g/mol. The van der Waals surface area contributed by atoms with E-state index >= 15 is 0 Å². The molecule has 0 radical (unpaired) electrons. The van der Waals surface area contributed by atoms with Crippen molar-refractivity contribution in [2.24, 2.45) is 7.05 Å². The highest BCUT2D eigenvalue weighted by molar-refractivity contribution is 7.92. The van der Waals surface area contributed by atoms with Gasteiger partial charge in [-0.3, -0.25) is 14.2 Å². The molecule has 7 nitrogen and oxygen atoms in total. The van der Waals surface area contributed by atoms with Crippen LogP contribution in [0.4, 0.5) is 5.82 Å². The molecular formula is C16H19ClN4O3S. The maximum absolute atomic E-state index is 12.6. The summed E-state index contributed by atoms with van der Waals surface area (Å²) in [6.07, 6.45) is 2.00. The summed E-state index contributed by atoms with van der Waals surface area (Å²) >= 11 is 5.86. The minimum Gasteiger partial charge on any atom is -0.337 e. The number of carbonyl (C=O) groups is 1. The monoisotopic (exact) mass is 382 g/mol. The summed E-state index contributed by atoms with van der Waals surface area (Å²) < 4.78 is 27.2. The van der Waals surface area contributed by atoms with Crippen LogP contribution in [0.25, 0.3) is 0 Å². The largest absolute Gasteiger partial charge is 0.337 e. The Labute approximate surface area is 151 Å². The lowest BCUT2D eigenvalue weighted by molar-refractivity contribution is -0.131. The Bertz CT molecular complexity index is 906. The van der Waals surface area contributed by atoms with Crippen molar-refractivity contribution < 1.29 is 13.2 Å². The van der Waals surface area contributed by atoms with E-state index in [1.54, 1.807) is 28.8 Å². The third-order valence-electron chi connectivity index (χ3n) is 4.15. The summed E-state index contributed by atoms with van der Waals surface area (Å²) in [5, 5.41) is 4.87. The molecule has 0 fully saturated rings. The molecule has 25 heavy (non-hydrogen) atoms. The number of fused-ring (bicyclic) bond motifs is 1. The lowest BCUT2D eigenvalue weighted by Crippen LogP contribution is -2.37. The zero-order valence-electron chi connectivity index (χ0n) is 14.0. The molecule has 0 spiro atoms. The highest BCUT2D eigenvalue weighted by Gasteiger charge is 2.27. The molecule has 1 aromatic heterocycles. The molecule has 0 unspecified atom stereocenters. The SMILES string of the molecule is Cn1nc(NS(C)(=O)=O)c2c1CCN(C(=O)Cc1ccc(Cl)cc1)C2. The second-order valence-electron chi connectivity index (χ2n) is 6.14. The number of carbonyl (C=O) groups excluding carboxylic acids is 1. The molecule has 3 rings (SSSR count). The van der Waals surface area contributed by atoms with Gasteiger partial charge in [-0.05, 0) is 17.7 Å². The van der Waals surface area contributed by atoms with Gasteiger partial charge in [0.15, 0.2) is 5.82 Å². The standard InChI is InChI=1S/C16H19ClN4O3S/c1-20-14-7-8-21(10-13(14)16(18-20)19-25(2,23)24)15(22)9-11-3-5-12(17)6-4-11/h3-6H,7-10H2,1-2H3,(H,18,19). The van der Waals surface area contributed by atoms with E-state index in [4.69, 9.17) is 11.6 Å². The van der Waals surface area contributed by atoms with Gasteiger partial charge < -0.3 is 4.90 Å². The first-order valence-corrected chi connectivity index (χ1v) is 10.0. The number of hydrogen-bond acceptors (Lipinski definition) is 4. The van der Waals surface area contributed by atoms with Gasteiger partial charge >= 0.3 is 0 Å². The van der Waals surface area contributed by atoms with Crippen LogP contribution < -0.4 is 4.72 Å². The maximum Gasteiger partial charge on any atom is 0.231 e. The van der Waals surface area contributed by atoms with E-state index in [2.05, 4.69) is 9.82 Å². The van der Waals surface area contributed by atoms with Crippen LogP contribution in [0.1, 0.15) is 16.8 Å². The fourth-order valence-electron chi connectivity index (χ4n) is 2.95. The molecule has 2 aromatic rings. The highest BCUT2D eigenvalue weighted by atomic mass is 35.5. The van der Waals surface area contributed by atoms with Crippen molar-refractivity contribution in [1.82, 2.24) is 14.7 Å². The van der Waals surface area contributed by atoms with E-state index in [1.807, 2.05) is 12.1 Å². The van der Waals surface area contributed by atoms with Crippen molar-refractivity contribution in [2.45, 2.75) is 19.4 Å². The van der Waals surface area contributed by atoms with Crippen LogP contribution in [-0.2, 0) is 41.3 Å². The lowest BCUT2D eigenvalue weighted by Gasteiger charge is -2.27. The molecule has 2 heterocycles. The first kappa shape index (κ1) is 17.8. The van der Waals surface area contributed by atoms with Crippen molar-refractivity contribution in [1.29, 1.82) is 0 Å².